The van der Waals surface area contributed by atoms with Crippen LogP contribution in [0, 0.1) is 0 Å². The second-order valence-corrected chi connectivity index (χ2v) is 8.12. The van der Waals surface area contributed by atoms with Crippen LogP contribution in [-0.4, -0.2) is 50.1 Å². The van der Waals surface area contributed by atoms with E-state index in [1.54, 1.807) is 7.11 Å². The first kappa shape index (κ1) is 16.6. The number of hydrogen-bond donors (Lipinski definition) is 0. The topological polar surface area (TPSA) is 57.2 Å². The maximum atomic E-state index is 11.5. The van der Waals surface area contributed by atoms with E-state index in [1.165, 1.54) is 0 Å². The van der Waals surface area contributed by atoms with Crippen molar-refractivity contribution in [3.8, 4) is 11.5 Å². The van der Waals surface area contributed by atoms with E-state index in [0.717, 1.165) is 34.2 Å². The van der Waals surface area contributed by atoms with Crippen LogP contribution in [0.5, 0.6) is 11.5 Å². The molecule has 3 heterocycles. The number of amides is 1. The van der Waals surface area contributed by atoms with Crippen LogP contribution in [0.3, 0.4) is 0 Å². The van der Waals surface area contributed by atoms with Crippen molar-refractivity contribution in [2.24, 2.45) is 0 Å². The Morgan fingerprint density at radius 1 is 1.35 bits per heavy atom. The molecule has 5 rings (SSSR count). The van der Waals surface area contributed by atoms with Gasteiger partial charge in [-0.1, -0.05) is 22.0 Å². The van der Waals surface area contributed by atoms with Crippen LogP contribution in [0.4, 0.5) is 0 Å². The van der Waals surface area contributed by atoms with E-state index in [9.17, 15) is 4.79 Å². The molecule has 0 radical (unpaired) electrons. The molecule has 1 aromatic rings. The predicted molar refractivity (Wildman–Crippen MR) is 96.3 cm³/mol. The number of benzene rings is 1. The van der Waals surface area contributed by atoms with Gasteiger partial charge in [-0.25, -0.2) is 0 Å². The highest BCUT2D eigenvalue weighted by Gasteiger charge is 2.57. The van der Waals surface area contributed by atoms with Gasteiger partial charge in [0.15, 0.2) is 17.3 Å². The summed E-state index contributed by atoms with van der Waals surface area (Å²) in [5, 5.41) is 0. The molecule has 1 saturated heterocycles. The van der Waals surface area contributed by atoms with Crippen LogP contribution in [-0.2, 0) is 26.2 Å². The standard InChI is InChI=1S/C19H20BrNO5/c1-23-14-8-13(20)12-10-21(11-22)5-4-18-2-3-19(24-6-7-25-19)9-15(18)26-17(14)16(12)18/h2-3,8,11,15H,4-7,9-10H2,1H3. The molecule has 2 unspecified atom stereocenters. The minimum Gasteiger partial charge on any atom is -0.493 e. The maximum absolute atomic E-state index is 11.5. The Morgan fingerprint density at radius 2 is 2.15 bits per heavy atom. The number of hydrogen-bond acceptors (Lipinski definition) is 5. The van der Waals surface area contributed by atoms with Crippen molar-refractivity contribution < 1.29 is 23.7 Å². The van der Waals surface area contributed by atoms with Gasteiger partial charge in [0.05, 0.1) is 25.7 Å². The lowest BCUT2D eigenvalue weighted by Crippen LogP contribution is -2.48. The smallest absolute Gasteiger partial charge is 0.210 e. The normalized spacial score (nSPS) is 30.5. The van der Waals surface area contributed by atoms with Gasteiger partial charge in [-0.3, -0.25) is 4.79 Å². The third-order valence-electron chi connectivity index (χ3n) is 6.02. The van der Waals surface area contributed by atoms with Crippen molar-refractivity contribution in [1.82, 2.24) is 4.90 Å². The summed E-state index contributed by atoms with van der Waals surface area (Å²) < 4.78 is 24.8. The molecule has 1 aromatic carbocycles. The number of carbonyl (C=O) groups is 1. The lowest BCUT2D eigenvalue weighted by molar-refractivity contribution is -0.145. The molecule has 1 amide bonds. The highest BCUT2D eigenvalue weighted by Crippen LogP contribution is 2.58. The van der Waals surface area contributed by atoms with Gasteiger partial charge in [0, 0.05) is 29.5 Å². The lowest BCUT2D eigenvalue weighted by atomic mass is 9.68. The van der Waals surface area contributed by atoms with Gasteiger partial charge in [0.1, 0.15) is 6.10 Å². The molecule has 0 N–H and O–H groups in total. The van der Waals surface area contributed by atoms with Crippen molar-refractivity contribution in [3.05, 3.63) is 33.8 Å². The van der Waals surface area contributed by atoms with E-state index in [1.807, 2.05) is 17.0 Å². The minimum absolute atomic E-state index is 0.117. The molecule has 1 aliphatic carbocycles. The van der Waals surface area contributed by atoms with Crippen molar-refractivity contribution in [1.29, 1.82) is 0 Å². The first-order valence-electron chi connectivity index (χ1n) is 8.85. The third-order valence-corrected chi connectivity index (χ3v) is 6.73. The van der Waals surface area contributed by atoms with Crippen LogP contribution in [0.2, 0.25) is 0 Å². The monoisotopic (exact) mass is 421 g/mol. The molecule has 0 aromatic heterocycles. The fraction of sp³-hybridized carbons (Fsp3) is 0.526. The molecule has 6 nitrogen and oxygen atoms in total. The Hall–Kier alpha value is -1.57. The Kier molecular flexibility index (Phi) is 3.64. The van der Waals surface area contributed by atoms with E-state index in [2.05, 4.69) is 22.0 Å². The molecule has 138 valence electrons. The quantitative estimate of drug-likeness (QED) is 0.542. The Morgan fingerprint density at radius 3 is 2.88 bits per heavy atom. The molecule has 4 aliphatic rings. The summed E-state index contributed by atoms with van der Waals surface area (Å²) in [5.41, 5.74) is 1.91. The molecule has 3 aliphatic heterocycles. The molecule has 2 atom stereocenters. The van der Waals surface area contributed by atoms with Gasteiger partial charge < -0.3 is 23.8 Å². The molecular weight excluding hydrogens is 402 g/mol. The van der Waals surface area contributed by atoms with Crippen molar-refractivity contribution in [3.63, 3.8) is 0 Å². The number of carbonyl (C=O) groups excluding carboxylic acids is 1. The minimum atomic E-state index is -0.695. The summed E-state index contributed by atoms with van der Waals surface area (Å²) in [6, 6.07) is 1.93. The molecule has 26 heavy (non-hydrogen) atoms. The molecule has 0 bridgehead atoms. The Bertz CT molecular complexity index is 804. The fourth-order valence-electron chi connectivity index (χ4n) is 4.74. The van der Waals surface area contributed by atoms with Gasteiger partial charge in [-0.05, 0) is 24.1 Å². The number of ether oxygens (including phenoxy) is 4. The van der Waals surface area contributed by atoms with Crippen molar-refractivity contribution >= 4 is 22.3 Å². The predicted octanol–water partition coefficient (Wildman–Crippen LogP) is 2.52. The highest BCUT2D eigenvalue weighted by atomic mass is 79.9. The van der Waals surface area contributed by atoms with Crippen LogP contribution in [0.25, 0.3) is 0 Å². The summed E-state index contributed by atoms with van der Waals surface area (Å²) in [6.45, 7) is 2.41. The molecule has 0 saturated carbocycles. The van der Waals surface area contributed by atoms with Gasteiger partial charge in [-0.15, -0.1) is 0 Å². The summed E-state index contributed by atoms with van der Waals surface area (Å²) in [6.07, 6.45) is 6.45. The van der Waals surface area contributed by atoms with Crippen molar-refractivity contribution in [2.45, 2.75) is 36.7 Å². The average Bonchev–Trinajstić information content (AvgIpc) is 3.18. The van der Waals surface area contributed by atoms with E-state index >= 15 is 0 Å². The lowest BCUT2D eigenvalue weighted by Gasteiger charge is -2.40. The molecular formula is C19H20BrNO5. The van der Waals surface area contributed by atoms with Gasteiger partial charge in [0.25, 0.3) is 0 Å². The van der Waals surface area contributed by atoms with Crippen molar-refractivity contribution in [2.75, 3.05) is 26.9 Å². The largest absolute Gasteiger partial charge is 0.493 e. The zero-order valence-electron chi connectivity index (χ0n) is 14.5. The van der Waals surface area contributed by atoms with E-state index in [0.29, 0.717) is 38.5 Å². The van der Waals surface area contributed by atoms with Crippen LogP contribution < -0.4 is 9.47 Å². The molecule has 7 heteroatoms. The summed E-state index contributed by atoms with van der Waals surface area (Å²) in [5.74, 6) is 0.794. The highest BCUT2D eigenvalue weighted by molar-refractivity contribution is 9.10. The fourth-order valence-corrected chi connectivity index (χ4v) is 5.27. The Labute approximate surface area is 160 Å². The maximum Gasteiger partial charge on any atom is 0.210 e. The Balaban J connectivity index is 1.71. The first-order chi connectivity index (χ1) is 12.6. The first-order valence-corrected chi connectivity index (χ1v) is 9.64. The SMILES string of the molecule is COc1cc(Br)c2c3c1OC1CC4(C=CC31CCN(C=O)C2)OCCO4. The van der Waals surface area contributed by atoms with E-state index < -0.39 is 5.79 Å². The number of nitrogens with zero attached hydrogens (tertiary/aromatic N) is 1. The number of methoxy groups -OCH3 is 1. The zero-order valence-corrected chi connectivity index (χ0v) is 16.1. The van der Waals surface area contributed by atoms with E-state index in [4.69, 9.17) is 18.9 Å². The van der Waals surface area contributed by atoms with Gasteiger partial charge in [0.2, 0.25) is 6.41 Å². The van der Waals surface area contributed by atoms with Crippen LogP contribution in [0.15, 0.2) is 22.7 Å². The summed E-state index contributed by atoms with van der Waals surface area (Å²) in [7, 11) is 1.65. The molecule has 2 spiro atoms. The summed E-state index contributed by atoms with van der Waals surface area (Å²) in [4.78, 5) is 13.3. The number of rotatable bonds is 2. The van der Waals surface area contributed by atoms with Gasteiger partial charge in [-0.2, -0.15) is 0 Å². The third kappa shape index (κ3) is 2.14. The second-order valence-electron chi connectivity index (χ2n) is 7.26. The number of halogens is 1. The summed E-state index contributed by atoms with van der Waals surface area (Å²) >= 11 is 3.68. The van der Waals surface area contributed by atoms with Gasteiger partial charge >= 0.3 is 0 Å². The average molecular weight is 422 g/mol. The second kappa shape index (κ2) is 5.71. The van der Waals surface area contributed by atoms with Crippen LogP contribution in [0.1, 0.15) is 24.0 Å². The van der Waals surface area contributed by atoms with Crippen LogP contribution >= 0.6 is 15.9 Å². The zero-order chi connectivity index (χ0) is 17.9. The molecule has 1 fully saturated rings. The van der Waals surface area contributed by atoms with E-state index in [-0.39, 0.29) is 11.5 Å².